The number of fused-ring (bicyclic) bond motifs is 4. The van der Waals surface area contributed by atoms with Crippen LogP contribution in [0.4, 0.5) is 0 Å². The van der Waals surface area contributed by atoms with E-state index in [1.54, 1.807) is 4.40 Å². The molecule has 2 heterocycles. The molecule has 0 radical (unpaired) electrons. The van der Waals surface area contributed by atoms with Gasteiger partial charge in [0.25, 0.3) is 5.56 Å². The van der Waals surface area contributed by atoms with Gasteiger partial charge in [0.1, 0.15) is 5.65 Å². The Morgan fingerprint density at radius 1 is 0.660 bits per heavy atom. The maximum Gasteiger partial charge on any atom is 0.264 e. The molecule has 0 spiro atoms. The van der Waals surface area contributed by atoms with Crippen molar-refractivity contribution in [3.8, 4) is 39.4 Å². The Morgan fingerprint density at radius 2 is 1.36 bits per heavy atom. The highest BCUT2D eigenvalue weighted by molar-refractivity contribution is 6.21. The van der Waals surface area contributed by atoms with Crippen molar-refractivity contribution in [2.45, 2.75) is 39.0 Å². The van der Waals surface area contributed by atoms with Crippen LogP contribution in [0.1, 0.15) is 43.7 Å². The van der Waals surface area contributed by atoms with E-state index in [-0.39, 0.29) is 5.56 Å². The van der Waals surface area contributed by atoms with E-state index >= 15 is 0 Å². The van der Waals surface area contributed by atoms with Gasteiger partial charge in [0.15, 0.2) is 0 Å². The molecule has 0 atom stereocenters. The second-order valence-electron chi connectivity index (χ2n) is 12.4. The molecule has 0 amide bonds. The van der Waals surface area contributed by atoms with Crippen molar-refractivity contribution in [3.63, 3.8) is 0 Å². The first kappa shape index (κ1) is 28.7. The Balaban J connectivity index is 1.39. The minimum absolute atomic E-state index is 0.131. The summed E-state index contributed by atoms with van der Waals surface area (Å²) in [5, 5.41) is 13.3. The summed E-state index contributed by atoms with van der Waals surface area (Å²) in [7, 11) is 0. The third-order valence-electron chi connectivity index (χ3n) is 9.49. The molecule has 226 valence electrons. The van der Waals surface area contributed by atoms with E-state index in [2.05, 4.69) is 73.7 Å². The molecular weight excluding hydrogens is 574 g/mol. The summed E-state index contributed by atoms with van der Waals surface area (Å²) >= 11 is 0. The minimum atomic E-state index is -0.131. The Kier molecular flexibility index (Phi) is 7.23. The first-order valence-corrected chi connectivity index (χ1v) is 16.5. The van der Waals surface area contributed by atoms with Crippen molar-refractivity contribution in [2.24, 2.45) is 0 Å². The van der Waals surface area contributed by atoms with E-state index in [0.717, 1.165) is 67.0 Å². The summed E-state index contributed by atoms with van der Waals surface area (Å²) in [6, 6.07) is 43.6. The third-order valence-corrected chi connectivity index (χ3v) is 9.49. The molecule has 0 aliphatic heterocycles. The predicted octanol–water partition coefficient (Wildman–Crippen LogP) is 10.6. The highest BCUT2D eigenvalue weighted by Gasteiger charge is 2.22. The molecule has 0 saturated carbocycles. The second-order valence-corrected chi connectivity index (χ2v) is 12.4. The van der Waals surface area contributed by atoms with E-state index in [1.165, 1.54) is 31.2 Å². The fourth-order valence-electron chi connectivity index (χ4n) is 7.12. The van der Waals surface area contributed by atoms with E-state index < -0.39 is 0 Å². The van der Waals surface area contributed by atoms with Crippen LogP contribution in [-0.2, 0) is 6.42 Å². The maximum absolute atomic E-state index is 14.5. The number of hydrogen-bond acceptors (Lipinski definition) is 3. The van der Waals surface area contributed by atoms with Gasteiger partial charge in [-0.3, -0.25) is 9.20 Å². The lowest BCUT2D eigenvalue weighted by Crippen LogP contribution is -2.13. The lowest BCUT2D eigenvalue weighted by Gasteiger charge is -2.14. The first-order valence-electron chi connectivity index (χ1n) is 16.5. The summed E-state index contributed by atoms with van der Waals surface area (Å²) in [6.07, 6.45) is 6.00. The van der Waals surface area contributed by atoms with Gasteiger partial charge in [-0.25, -0.2) is 4.98 Å². The Morgan fingerprint density at radius 3 is 2.09 bits per heavy atom. The fraction of sp³-hybridized carbons (Fsp3) is 0.140. The Hall–Kier alpha value is -5.79. The molecular formula is C43H33N3O. The van der Waals surface area contributed by atoms with Crippen LogP contribution in [-0.4, -0.2) is 9.38 Å². The third kappa shape index (κ3) is 4.83. The highest BCUT2D eigenvalue weighted by atomic mass is 16.1. The average Bonchev–Trinajstić information content (AvgIpc) is 3.52. The maximum atomic E-state index is 14.5. The molecule has 0 aliphatic rings. The van der Waals surface area contributed by atoms with Gasteiger partial charge >= 0.3 is 0 Å². The van der Waals surface area contributed by atoms with Crippen molar-refractivity contribution in [1.29, 1.82) is 5.26 Å². The normalized spacial score (nSPS) is 11.6. The van der Waals surface area contributed by atoms with Gasteiger partial charge < -0.3 is 0 Å². The molecule has 0 N–H and O–H groups in total. The zero-order chi connectivity index (χ0) is 31.9. The largest absolute Gasteiger partial charge is 0.268 e. The topological polar surface area (TPSA) is 58.2 Å². The molecule has 8 rings (SSSR count). The van der Waals surface area contributed by atoms with Crippen molar-refractivity contribution in [2.75, 3.05) is 0 Å². The quantitative estimate of drug-likeness (QED) is 0.162. The van der Waals surface area contributed by atoms with Gasteiger partial charge in [0, 0.05) is 27.1 Å². The van der Waals surface area contributed by atoms with Gasteiger partial charge in [-0.15, -0.1) is 0 Å². The van der Waals surface area contributed by atoms with Crippen molar-refractivity contribution >= 4 is 38.2 Å². The van der Waals surface area contributed by atoms with Gasteiger partial charge in [-0.2, -0.15) is 5.26 Å². The lowest BCUT2D eigenvalue weighted by atomic mass is 9.90. The number of nitriles is 1. The number of imidazole rings is 1. The van der Waals surface area contributed by atoms with Gasteiger partial charge in [0.2, 0.25) is 0 Å². The molecule has 0 aliphatic carbocycles. The molecule has 8 aromatic rings. The molecule has 0 bridgehead atoms. The monoisotopic (exact) mass is 607 g/mol. The van der Waals surface area contributed by atoms with Crippen LogP contribution >= 0.6 is 0 Å². The first-order chi connectivity index (χ1) is 23.2. The van der Waals surface area contributed by atoms with Crippen LogP contribution in [0.2, 0.25) is 0 Å². The Bertz CT molecular complexity index is 2510. The average molecular weight is 608 g/mol. The molecule has 6 aromatic carbocycles. The van der Waals surface area contributed by atoms with Gasteiger partial charge in [0.05, 0.1) is 22.7 Å². The van der Waals surface area contributed by atoms with Crippen LogP contribution in [0.25, 0.3) is 71.6 Å². The number of hydrogen-bond donors (Lipinski definition) is 0. The summed E-state index contributed by atoms with van der Waals surface area (Å²) in [4.78, 5) is 19.8. The SMILES string of the molecule is CCCCCCc1ccc(-c2ccc3c(=O)n4c5cc(-c6ccccc6)cc(-c6ccccc6)c5nc4c4ccc(C#N)c2c34)cc1. The summed E-state index contributed by atoms with van der Waals surface area (Å²) < 4.78 is 1.77. The smallest absolute Gasteiger partial charge is 0.264 e. The van der Waals surface area contributed by atoms with E-state index in [1.807, 2.05) is 60.7 Å². The lowest BCUT2D eigenvalue weighted by molar-refractivity contribution is 0.667. The van der Waals surface area contributed by atoms with E-state index in [4.69, 9.17) is 4.98 Å². The zero-order valence-corrected chi connectivity index (χ0v) is 26.3. The van der Waals surface area contributed by atoms with E-state index in [0.29, 0.717) is 16.6 Å². The second kappa shape index (κ2) is 11.9. The molecule has 47 heavy (non-hydrogen) atoms. The molecule has 0 fully saturated rings. The summed E-state index contributed by atoms with van der Waals surface area (Å²) in [5.74, 6) is 0. The highest BCUT2D eigenvalue weighted by Crippen LogP contribution is 2.40. The van der Waals surface area contributed by atoms with Crippen molar-refractivity contribution < 1.29 is 0 Å². The molecule has 4 nitrogen and oxygen atoms in total. The zero-order valence-electron chi connectivity index (χ0n) is 26.3. The number of rotatable bonds is 8. The summed E-state index contributed by atoms with van der Waals surface area (Å²) in [6.45, 7) is 2.23. The molecule has 4 heteroatoms. The summed E-state index contributed by atoms with van der Waals surface area (Å²) in [5.41, 5.74) is 9.99. The van der Waals surface area contributed by atoms with Crippen molar-refractivity contribution in [1.82, 2.24) is 9.38 Å². The number of aryl methyl sites for hydroxylation is 1. The van der Waals surface area contributed by atoms with Crippen LogP contribution in [0.5, 0.6) is 0 Å². The molecule has 2 aromatic heterocycles. The molecule has 0 saturated heterocycles. The minimum Gasteiger partial charge on any atom is -0.268 e. The standard InChI is InChI=1S/C43H33N3O/c1-2-3-4-7-12-28-17-19-31(20-18-28)34-23-24-36-40-35(22-21-32(27-44)39(34)40)42-45-41-37(30-15-10-6-11-16-30)25-33(29-13-8-5-9-14-29)26-38(41)46(42)43(36)47/h5-6,8-11,13-26H,2-4,7,12H2,1H3. The molecule has 0 unspecified atom stereocenters. The van der Waals surface area contributed by atoms with Gasteiger partial charge in [-0.1, -0.05) is 117 Å². The Labute approximate surface area is 273 Å². The number of benzene rings is 6. The fourth-order valence-corrected chi connectivity index (χ4v) is 7.12. The van der Waals surface area contributed by atoms with Crippen LogP contribution in [0, 0.1) is 11.3 Å². The van der Waals surface area contributed by atoms with E-state index in [9.17, 15) is 10.1 Å². The number of pyridine rings is 1. The number of nitrogens with zero attached hydrogens (tertiary/aromatic N) is 3. The predicted molar refractivity (Wildman–Crippen MR) is 194 cm³/mol. The van der Waals surface area contributed by atoms with Crippen LogP contribution < -0.4 is 5.56 Å². The van der Waals surface area contributed by atoms with Crippen LogP contribution in [0.15, 0.2) is 126 Å². The number of aromatic nitrogens is 2. The number of unbranched alkanes of at least 4 members (excludes halogenated alkanes) is 3. The van der Waals surface area contributed by atoms with Crippen molar-refractivity contribution in [3.05, 3.63) is 143 Å². The van der Waals surface area contributed by atoms with Gasteiger partial charge in [-0.05, 0) is 76.6 Å². The van der Waals surface area contributed by atoms with Crippen LogP contribution in [0.3, 0.4) is 0 Å².